The Bertz CT molecular complexity index is 1150. The first-order valence-corrected chi connectivity index (χ1v) is 14.5. The van der Waals surface area contributed by atoms with Gasteiger partial charge in [-0.25, -0.2) is 14.2 Å². The second kappa shape index (κ2) is 15.1. The number of amides is 2. The molecule has 9 nitrogen and oxygen atoms in total. The van der Waals surface area contributed by atoms with Gasteiger partial charge in [0, 0.05) is 31.6 Å². The first-order valence-electron chi connectivity index (χ1n) is 14.5. The van der Waals surface area contributed by atoms with Crippen LogP contribution in [0.3, 0.4) is 0 Å². The summed E-state index contributed by atoms with van der Waals surface area (Å²) < 4.78 is 36.5. The molecule has 1 aliphatic carbocycles. The minimum atomic E-state index is -1.23. The van der Waals surface area contributed by atoms with Crippen molar-refractivity contribution in [3.05, 3.63) is 48.0 Å². The van der Waals surface area contributed by atoms with Crippen LogP contribution in [0.25, 0.3) is 11.3 Å². The van der Waals surface area contributed by atoms with Crippen LogP contribution >= 0.6 is 0 Å². The van der Waals surface area contributed by atoms with E-state index in [0.717, 1.165) is 30.7 Å². The number of benzene rings is 1. The molecule has 1 aromatic carbocycles. The number of rotatable bonds is 13. The molecule has 1 aromatic heterocycles. The summed E-state index contributed by atoms with van der Waals surface area (Å²) in [6, 6.07) is 7.54. The van der Waals surface area contributed by atoms with E-state index in [2.05, 4.69) is 5.43 Å². The summed E-state index contributed by atoms with van der Waals surface area (Å²) in [5, 5.41) is 1.04. The zero-order valence-electron chi connectivity index (χ0n) is 24.7. The largest absolute Gasteiger partial charge is 0.458 e. The number of halogens is 1. The van der Waals surface area contributed by atoms with Crippen molar-refractivity contribution in [2.24, 2.45) is 5.92 Å². The molecule has 1 saturated carbocycles. The highest BCUT2D eigenvalue weighted by atomic mass is 19.1. The molecule has 2 amide bonds. The molecular formula is C31H43FN2O7. The van der Waals surface area contributed by atoms with Crippen LogP contribution in [0, 0.1) is 11.7 Å². The lowest BCUT2D eigenvalue weighted by Crippen LogP contribution is -2.57. The fraction of sp³-hybridized carbons (Fsp3) is 0.581. The molecule has 1 N–H and O–H groups in total. The maximum Gasteiger partial charge on any atom is 0.331 e. The Morgan fingerprint density at radius 3 is 2.37 bits per heavy atom. The second-order valence-corrected chi connectivity index (χ2v) is 11.2. The van der Waals surface area contributed by atoms with E-state index < -0.39 is 41.5 Å². The molecule has 41 heavy (non-hydrogen) atoms. The third-order valence-electron chi connectivity index (χ3n) is 6.78. The summed E-state index contributed by atoms with van der Waals surface area (Å²) in [6.45, 7) is 9.43. The quantitative estimate of drug-likeness (QED) is 0.177. The van der Waals surface area contributed by atoms with Crippen molar-refractivity contribution in [3.8, 4) is 11.3 Å². The number of esters is 1. The number of furan rings is 1. The van der Waals surface area contributed by atoms with Crippen molar-refractivity contribution < 1.29 is 37.4 Å². The molecule has 1 unspecified atom stereocenters. The van der Waals surface area contributed by atoms with E-state index >= 15 is 0 Å². The number of carbonyl (C=O) groups is 3. The molecule has 0 spiro atoms. The molecule has 0 saturated heterocycles. The smallest absolute Gasteiger partial charge is 0.331 e. The molecule has 0 aliphatic heterocycles. The lowest BCUT2D eigenvalue weighted by Gasteiger charge is -2.34. The number of hydrogen-bond acceptors (Lipinski definition) is 7. The minimum Gasteiger partial charge on any atom is -0.458 e. The molecular weight excluding hydrogens is 531 g/mol. The van der Waals surface area contributed by atoms with Gasteiger partial charge in [0.1, 0.15) is 17.2 Å². The molecule has 2 aromatic rings. The SMILES string of the molecule is CCOC(CC(C(=O)OC(C)(C)C)N(NC(=O)c1ccc(-c2cccc(F)c2)o1)C(=O)CCC1CCCC1)OCC. The Labute approximate surface area is 241 Å². The average molecular weight is 575 g/mol. The fourth-order valence-corrected chi connectivity index (χ4v) is 4.90. The first-order chi connectivity index (χ1) is 19.5. The Hall–Kier alpha value is -3.24. The highest BCUT2D eigenvalue weighted by molar-refractivity contribution is 5.94. The normalized spacial score (nSPS) is 14.7. The molecule has 3 rings (SSSR count). The van der Waals surface area contributed by atoms with Crippen LogP contribution in [0.2, 0.25) is 0 Å². The average Bonchev–Trinajstić information content (AvgIpc) is 3.61. The van der Waals surface area contributed by atoms with E-state index in [9.17, 15) is 18.8 Å². The summed E-state index contributed by atoms with van der Waals surface area (Å²) in [5.74, 6) is -1.70. The van der Waals surface area contributed by atoms with E-state index in [1.54, 1.807) is 46.8 Å². The second-order valence-electron chi connectivity index (χ2n) is 11.2. The van der Waals surface area contributed by atoms with E-state index in [1.807, 2.05) is 0 Å². The number of hydrogen-bond donors (Lipinski definition) is 1. The zero-order chi connectivity index (χ0) is 30.0. The van der Waals surface area contributed by atoms with Gasteiger partial charge in [0.05, 0.1) is 0 Å². The van der Waals surface area contributed by atoms with E-state index in [-0.39, 0.29) is 24.4 Å². The van der Waals surface area contributed by atoms with Crippen molar-refractivity contribution in [2.45, 2.75) is 97.5 Å². The summed E-state index contributed by atoms with van der Waals surface area (Å²) in [5.41, 5.74) is 2.22. The van der Waals surface area contributed by atoms with Gasteiger partial charge in [-0.3, -0.25) is 15.0 Å². The third-order valence-corrected chi connectivity index (χ3v) is 6.78. The fourth-order valence-electron chi connectivity index (χ4n) is 4.90. The van der Waals surface area contributed by atoms with Gasteiger partial charge in [-0.2, -0.15) is 0 Å². The van der Waals surface area contributed by atoms with Crippen molar-refractivity contribution in [1.29, 1.82) is 0 Å². The Kier molecular flexibility index (Phi) is 11.9. The molecule has 1 heterocycles. The van der Waals surface area contributed by atoms with Gasteiger partial charge in [0.2, 0.25) is 5.91 Å². The zero-order valence-corrected chi connectivity index (χ0v) is 24.7. The van der Waals surface area contributed by atoms with Crippen molar-refractivity contribution >= 4 is 17.8 Å². The highest BCUT2D eigenvalue weighted by Crippen LogP contribution is 2.29. The molecule has 1 atom stereocenters. The summed E-state index contributed by atoms with van der Waals surface area (Å²) in [4.78, 5) is 40.6. The summed E-state index contributed by atoms with van der Waals surface area (Å²) in [7, 11) is 0. The van der Waals surface area contributed by atoms with E-state index in [0.29, 0.717) is 31.1 Å². The molecule has 10 heteroatoms. The van der Waals surface area contributed by atoms with Crippen molar-refractivity contribution in [1.82, 2.24) is 10.4 Å². The monoisotopic (exact) mass is 574 g/mol. The van der Waals surface area contributed by atoms with Crippen LogP contribution in [0.5, 0.6) is 0 Å². The number of nitrogens with zero attached hydrogens (tertiary/aromatic N) is 1. The Balaban J connectivity index is 1.90. The van der Waals surface area contributed by atoms with Crippen LogP contribution < -0.4 is 5.43 Å². The predicted octanol–water partition coefficient (Wildman–Crippen LogP) is 6.03. The summed E-state index contributed by atoms with van der Waals surface area (Å²) >= 11 is 0. The predicted molar refractivity (Wildman–Crippen MR) is 151 cm³/mol. The molecule has 1 aliphatic rings. The van der Waals surface area contributed by atoms with Crippen LogP contribution in [0.4, 0.5) is 4.39 Å². The van der Waals surface area contributed by atoms with Gasteiger partial charge in [-0.1, -0.05) is 37.8 Å². The maximum absolute atomic E-state index is 13.7. The Morgan fingerprint density at radius 1 is 1.07 bits per heavy atom. The topological polar surface area (TPSA) is 107 Å². The molecule has 1 fully saturated rings. The number of hydrazine groups is 1. The maximum atomic E-state index is 13.7. The summed E-state index contributed by atoms with van der Waals surface area (Å²) in [6.07, 6.45) is 4.31. The number of ether oxygens (including phenoxy) is 3. The first kappa shape index (κ1) is 32.3. The van der Waals surface area contributed by atoms with Gasteiger partial charge in [0.15, 0.2) is 18.1 Å². The van der Waals surface area contributed by atoms with Crippen LogP contribution in [0.15, 0.2) is 40.8 Å². The molecule has 0 radical (unpaired) electrons. The standard InChI is InChI=1S/C31H43FN2O7/c1-6-38-28(39-7-2)20-24(30(37)41-31(3,4)5)34(27(35)18-15-21-11-8-9-12-21)33-29(36)26-17-16-25(40-26)22-13-10-14-23(32)19-22/h10,13-14,16-17,19,21,24,28H,6-9,11-12,15,18,20H2,1-5H3,(H,33,36). The lowest BCUT2D eigenvalue weighted by molar-refractivity contribution is -0.180. The lowest BCUT2D eigenvalue weighted by atomic mass is 10.0. The van der Waals surface area contributed by atoms with Crippen LogP contribution in [-0.2, 0) is 23.8 Å². The van der Waals surface area contributed by atoms with E-state index in [1.165, 1.54) is 24.3 Å². The van der Waals surface area contributed by atoms with Gasteiger partial charge >= 0.3 is 11.9 Å². The van der Waals surface area contributed by atoms with Gasteiger partial charge in [-0.05, 0) is 71.2 Å². The minimum absolute atomic E-state index is 0.0568. The van der Waals surface area contributed by atoms with E-state index in [4.69, 9.17) is 18.6 Å². The van der Waals surface area contributed by atoms with Crippen LogP contribution in [-0.4, -0.2) is 53.9 Å². The molecule has 226 valence electrons. The Morgan fingerprint density at radius 2 is 1.76 bits per heavy atom. The van der Waals surface area contributed by atoms with Gasteiger partial charge in [0.25, 0.3) is 0 Å². The van der Waals surface area contributed by atoms with Gasteiger partial charge < -0.3 is 18.6 Å². The van der Waals surface area contributed by atoms with Gasteiger partial charge in [-0.15, -0.1) is 0 Å². The highest BCUT2D eigenvalue weighted by Gasteiger charge is 2.38. The van der Waals surface area contributed by atoms with Crippen molar-refractivity contribution in [2.75, 3.05) is 13.2 Å². The number of carbonyl (C=O) groups excluding carboxylic acids is 3. The van der Waals surface area contributed by atoms with Crippen LogP contribution in [0.1, 0.15) is 90.1 Å². The third kappa shape index (κ3) is 9.97. The number of nitrogens with one attached hydrogen (secondary N) is 1. The molecule has 0 bridgehead atoms. The van der Waals surface area contributed by atoms with Crippen molar-refractivity contribution in [3.63, 3.8) is 0 Å².